The number of aryl methyl sites for hydroxylation is 1. The normalized spacial score (nSPS) is 20.1. The van der Waals surface area contributed by atoms with Crippen molar-refractivity contribution in [3.05, 3.63) is 23.8 Å². The van der Waals surface area contributed by atoms with E-state index in [-0.39, 0.29) is 0 Å². The quantitative estimate of drug-likeness (QED) is 0.737. The van der Waals surface area contributed by atoms with Crippen LogP contribution in [0.5, 0.6) is 5.75 Å². The maximum Gasteiger partial charge on any atom is 0.119 e. The van der Waals surface area contributed by atoms with Gasteiger partial charge >= 0.3 is 0 Å². The van der Waals surface area contributed by atoms with Gasteiger partial charge < -0.3 is 10.1 Å². The van der Waals surface area contributed by atoms with Crippen LogP contribution in [0.1, 0.15) is 18.9 Å². The third-order valence-electron chi connectivity index (χ3n) is 2.86. The molecule has 1 aromatic carbocycles. The molecule has 1 aliphatic heterocycles. The molecule has 1 N–H and O–H groups in total. The summed E-state index contributed by atoms with van der Waals surface area (Å²) in [5.41, 5.74) is 2.42. The Balaban J connectivity index is 2.34. The summed E-state index contributed by atoms with van der Waals surface area (Å²) in [6.07, 6.45) is 2.16. The van der Waals surface area contributed by atoms with E-state index < -0.39 is 0 Å². The van der Waals surface area contributed by atoms with Gasteiger partial charge in [0.05, 0.1) is 12.1 Å². The van der Waals surface area contributed by atoms with Crippen molar-refractivity contribution in [2.75, 3.05) is 12.4 Å². The maximum absolute atomic E-state index is 5.31. The average molecular weight is 221 g/mol. The number of thiocarbonyl (C=S) groups is 1. The summed E-state index contributed by atoms with van der Waals surface area (Å²) in [5, 5.41) is 3.30. The first-order chi connectivity index (χ1) is 7.20. The Morgan fingerprint density at radius 2 is 2.27 bits per heavy atom. The summed E-state index contributed by atoms with van der Waals surface area (Å²) in [4.78, 5) is 0.943. The van der Waals surface area contributed by atoms with Crippen LogP contribution >= 0.6 is 12.2 Å². The predicted molar refractivity (Wildman–Crippen MR) is 66.7 cm³/mol. The van der Waals surface area contributed by atoms with E-state index in [0.29, 0.717) is 5.92 Å². The Morgan fingerprint density at radius 1 is 1.47 bits per heavy atom. The molecule has 1 unspecified atom stereocenters. The molecule has 80 valence electrons. The minimum atomic E-state index is 0.457. The highest BCUT2D eigenvalue weighted by molar-refractivity contribution is 7.80. The van der Waals surface area contributed by atoms with Crippen molar-refractivity contribution in [1.82, 2.24) is 0 Å². The van der Waals surface area contributed by atoms with Crippen LogP contribution in [0.3, 0.4) is 0 Å². The summed E-state index contributed by atoms with van der Waals surface area (Å²) < 4.78 is 5.21. The molecule has 0 aromatic heterocycles. The molecule has 2 rings (SSSR count). The molecule has 0 radical (unpaired) electrons. The van der Waals surface area contributed by atoms with E-state index in [4.69, 9.17) is 17.0 Å². The number of benzene rings is 1. The minimum Gasteiger partial charge on any atom is -0.497 e. The monoisotopic (exact) mass is 221 g/mol. The molecule has 2 nitrogen and oxygen atoms in total. The summed E-state index contributed by atoms with van der Waals surface area (Å²) in [6, 6.07) is 6.09. The number of anilines is 1. The van der Waals surface area contributed by atoms with E-state index in [9.17, 15) is 0 Å². The Labute approximate surface area is 95.6 Å². The highest BCUT2D eigenvalue weighted by Gasteiger charge is 2.16. The molecule has 0 saturated carbocycles. The van der Waals surface area contributed by atoms with E-state index in [1.807, 2.05) is 12.1 Å². The number of fused-ring (bicyclic) bond motifs is 1. The van der Waals surface area contributed by atoms with Crippen LogP contribution in [0.4, 0.5) is 5.69 Å². The highest BCUT2D eigenvalue weighted by Crippen LogP contribution is 2.28. The number of methoxy groups -OCH3 is 1. The number of ether oxygens (including phenoxy) is 1. The van der Waals surface area contributed by atoms with E-state index >= 15 is 0 Å². The Hall–Kier alpha value is -1.09. The number of hydrogen-bond acceptors (Lipinski definition) is 2. The van der Waals surface area contributed by atoms with Crippen LogP contribution in [-0.4, -0.2) is 12.1 Å². The van der Waals surface area contributed by atoms with Crippen molar-refractivity contribution in [3.63, 3.8) is 0 Å². The molecular formula is C12H15NOS. The number of rotatable bonds is 1. The van der Waals surface area contributed by atoms with Crippen LogP contribution in [0.2, 0.25) is 0 Å². The van der Waals surface area contributed by atoms with Crippen LogP contribution < -0.4 is 10.1 Å². The van der Waals surface area contributed by atoms with Crippen molar-refractivity contribution in [2.24, 2.45) is 5.92 Å². The summed E-state index contributed by atoms with van der Waals surface area (Å²) in [7, 11) is 1.69. The number of nitrogens with one attached hydrogen (secondary N) is 1. The molecule has 0 fully saturated rings. The second kappa shape index (κ2) is 4.19. The van der Waals surface area contributed by atoms with E-state index in [0.717, 1.165) is 29.3 Å². The third kappa shape index (κ3) is 2.12. The zero-order chi connectivity index (χ0) is 10.8. The van der Waals surface area contributed by atoms with Gasteiger partial charge in [-0.15, -0.1) is 0 Å². The third-order valence-corrected chi connectivity index (χ3v) is 3.37. The fourth-order valence-electron chi connectivity index (χ4n) is 1.78. The molecule has 1 aromatic rings. The van der Waals surface area contributed by atoms with Crippen LogP contribution in [0.25, 0.3) is 0 Å². The Bertz CT molecular complexity index is 389. The largest absolute Gasteiger partial charge is 0.497 e. The fourth-order valence-corrected chi connectivity index (χ4v) is 2.01. The lowest BCUT2D eigenvalue weighted by Gasteiger charge is -2.10. The van der Waals surface area contributed by atoms with Gasteiger partial charge in [0, 0.05) is 11.6 Å². The van der Waals surface area contributed by atoms with Gasteiger partial charge in [0.2, 0.25) is 0 Å². The smallest absolute Gasteiger partial charge is 0.119 e. The van der Waals surface area contributed by atoms with Crippen LogP contribution in [0, 0.1) is 5.92 Å². The van der Waals surface area contributed by atoms with Gasteiger partial charge in [-0.2, -0.15) is 0 Å². The molecule has 0 bridgehead atoms. The molecule has 3 heteroatoms. The molecule has 1 heterocycles. The van der Waals surface area contributed by atoms with E-state index in [1.165, 1.54) is 5.56 Å². The average Bonchev–Trinajstić information content (AvgIpc) is 2.39. The topological polar surface area (TPSA) is 21.3 Å². The first-order valence-electron chi connectivity index (χ1n) is 5.18. The van der Waals surface area contributed by atoms with Gasteiger partial charge in [0.25, 0.3) is 0 Å². The van der Waals surface area contributed by atoms with Crippen molar-refractivity contribution < 1.29 is 4.74 Å². The summed E-state index contributed by atoms with van der Waals surface area (Å²) in [6.45, 7) is 2.17. The first kappa shape index (κ1) is 10.4. The fraction of sp³-hybridized carbons (Fsp3) is 0.417. The molecular weight excluding hydrogens is 206 g/mol. The predicted octanol–water partition coefficient (Wildman–Crippen LogP) is 3.02. The van der Waals surface area contributed by atoms with Crippen molar-refractivity contribution >= 4 is 22.9 Å². The van der Waals surface area contributed by atoms with Gasteiger partial charge in [-0.1, -0.05) is 19.1 Å². The molecule has 15 heavy (non-hydrogen) atoms. The molecule has 1 atom stereocenters. The molecule has 0 aliphatic carbocycles. The van der Waals surface area contributed by atoms with E-state index in [1.54, 1.807) is 7.11 Å². The minimum absolute atomic E-state index is 0.457. The van der Waals surface area contributed by atoms with Gasteiger partial charge in [-0.25, -0.2) is 0 Å². The Kier molecular flexibility index (Phi) is 2.91. The highest BCUT2D eigenvalue weighted by atomic mass is 32.1. The lowest BCUT2D eigenvalue weighted by molar-refractivity contribution is 0.414. The second-order valence-electron chi connectivity index (χ2n) is 3.95. The second-order valence-corrected chi connectivity index (χ2v) is 4.39. The van der Waals surface area contributed by atoms with Crippen molar-refractivity contribution in [2.45, 2.75) is 19.8 Å². The summed E-state index contributed by atoms with van der Waals surface area (Å²) in [5.74, 6) is 1.37. The van der Waals surface area contributed by atoms with Crippen LogP contribution in [0.15, 0.2) is 18.2 Å². The summed E-state index contributed by atoms with van der Waals surface area (Å²) >= 11 is 5.31. The molecule has 0 spiro atoms. The van der Waals surface area contributed by atoms with Gasteiger partial charge in [0.15, 0.2) is 0 Å². The maximum atomic E-state index is 5.31. The van der Waals surface area contributed by atoms with E-state index in [2.05, 4.69) is 18.3 Å². The lowest BCUT2D eigenvalue weighted by Crippen LogP contribution is -2.15. The molecule has 0 saturated heterocycles. The van der Waals surface area contributed by atoms with Gasteiger partial charge in [-0.3, -0.25) is 0 Å². The molecule has 0 amide bonds. The first-order valence-corrected chi connectivity index (χ1v) is 5.59. The lowest BCUT2D eigenvalue weighted by atomic mass is 10.0. The van der Waals surface area contributed by atoms with Crippen molar-refractivity contribution in [3.8, 4) is 5.75 Å². The van der Waals surface area contributed by atoms with Gasteiger partial charge in [0.1, 0.15) is 5.75 Å². The Morgan fingerprint density at radius 3 is 3.00 bits per heavy atom. The van der Waals surface area contributed by atoms with Gasteiger partial charge in [-0.05, 0) is 36.6 Å². The standard InChI is InChI=1S/C12H15NOS/c1-8-3-4-9-7-10(14-2)5-6-11(9)13-12(8)15/h5-8H,3-4H2,1-2H3,(H,13,15). The SMILES string of the molecule is COc1ccc2c(c1)CCC(C)C(=S)N2. The zero-order valence-electron chi connectivity index (χ0n) is 9.04. The van der Waals surface area contributed by atoms with Crippen molar-refractivity contribution in [1.29, 1.82) is 0 Å². The van der Waals surface area contributed by atoms with Crippen LogP contribution in [-0.2, 0) is 6.42 Å². The number of hydrogen-bond donors (Lipinski definition) is 1. The molecule has 1 aliphatic rings. The zero-order valence-corrected chi connectivity index (χ0v) is 9.86.